The van der Waals surface area contributed by atoms with Gasteiger partial charge in [-0.3, -0.25) is 9.29 Å². The van der Waals surface area contributed by atoms with Crippen LogP contribution in [0.3, 0.4) is 0 Å². The van der Waals surface area contributed by atoms with Crippen molar-refractivity contribution in [3.63, 3.8) is 0 Å². The Morgan fingerprint density at radius 2 is 1.29 bits per heavy atom. The average molecular weight is 377 g/mol. The fourth-order valence-electron chi connectivity index (χ4n) is 3.51. The highest BCUT2D eigenvalue weighted by atomic mass is 19.1. The molecule has 0 saturated carbocycles. The molecular weight excluding hydrogens is 347 g/mol. The van der Waals surface area contributed by atoms with Crippen LogP contribution in [0.25, 0.3) is 0 Å². The van der Waals surface area contributed by atoms with Crippen LogP contribution in [0.2, 0.25) is 0 Å². The summed E-state index contributed by atoms with van der Waals surface area (Å²) < 4.78 is 14.0. The van der Waals surface area contributed by atoms with Crippen molar-refractivity contribution >= 4 is 17.2 Å². The molecule has 1 aromatic heterocycles. The maximum absolute atomic E-state index is 14.0. The largest absolute Gasteiger partial charge is 0.295 e. The number of pyridine rings is 1. The van der Waals surface area contributed by atoms with Gasteiger partial charge in [-0.05, 0) is 63.1 Å². The van der Waals surface area contributed by atoms with Crippen LogP contribution in [0.4, 0.5) is 21.6 Å². The van der Waals surface area contributed by atoms with E-state index in [-0.39, 0.29) is 0 Å². The van der Waals surface area contributed by atoms with Gasteiger partial charge in [0, 0.05) is 16.8 Å². The second-order valence-electron chi connectivity index (χ2n) is 7.51. The lowest BCUT2D eigenvalue weighted by Gasteiger charge is -2.30. The lowest BCUT2D eigenvalue weighted by molar-refractivity contribution is 0.279. The van der Waals surface area contributed by atoms with Crippen LogP contribution >= 0.6 is 0 Å². The van der Waals surface area contributed by atoms with Gasteiger partial charge in [0.2, 0.25) is 0 Å². The summed E-state index contributed by atoms with van der Waals surface area (Å²) in [5, 5.41) is 0. The van der Waals surface area contributed by atoms with Gasteiger partial charge in [0.1, 0.15) is 12.5 Å². The van der Waals surface area contributed by atoms with Crippen molar-refractivity contribution < 1.29 is 4.39 Å². The molecule has 0 unspecified atom stereocenters. The van der Waals surface area contributed by atoms with E-state index in [0.29, 0.717) is 0 Å². The fraction of sp³-hybridized carbons (Fsp3) is 0.320. The molecule has 3 heteroatoms. The lowest BCUT2D eigenvalue weighted by Crippen LogP contribution is -2.29. The summed E-state index contributed by atoms with van der Waals surface area (Å²) in [6.07, 6.45) is 1.46. The van der Waals surface area contributed by atoms with Gasteiger partial charge in [0.05, 0.1) is 5.69 Å². The lowest BCUT2D eigenvalue weighted by atomic mass is 9.80. The quantitative estimate of drug-likeness (QED) is 0.433. The van der Waals surface area contributed by atoms with Gasteiger partial charge >= 0.3 is 0 Å². The van der Waals surface area contributed by atoms with E-state index in [1.165, 1.54) is 11.1 Å². The van der Waals surface area contributed by atoms with Gasteiger partial charge in [-0.2, -0.15) is 0 Å². The number of hydrogen-bond donors (Lipinski definition) is 0. The molecule has 0 saturated heterocycles. The van der Waals surface area contributed by atoms with Gasteiger partial charge in [-0.1, -0.05) is 55.3 Å². The molecule has 146 valence electrons. The SMILES string of the molecule is CCC(CC)(CF)c1cccc(N(c2ccc(C)cc2)c2ccc(C)cc2)n1. The Morgan fingerprint density at radius 3 is 1.71 bits per heavy atom. The highest BCUT2D eigenvalue weighted by molar-refractivity contribution is 5.74. The van der Waals surface area contributed by atoms with Crippen LogP contribution in [0.1, 0.15) is 43.5 Å². The predicted octanol–water partition coefficient (Wildman–Crippen LogP) is 7.20. The monoisotopic (exact) mass is 376 g/mol. The second kappa shape index (κ2) is 8.55. The molecule has 3 rings (SSSR count). The van der Waals surface area contributed by atoms with E-state index >= 15 is 0 Å². The third-order valence-electron chi connectivity index (χ3n) is 5.70. The van der Waals surface area contributed by atoms with Gasteiger partial charge in [-0.25, -0.2) is 4.98 Å². The number of anilines is 3. The third kappa shape index (κ3) is 3.94. The first-order chi connectivity index (χ1) is 13.5. The number of halogens is 1. The molecular formula is C25H29FN2. The fourth-order valence-corrected chi connectivity index (χ4v) is 3.51. The minimum absolute atomic E-state index is 0.397. The van der Waals surface area contributed by atoms with E-state index in [0.717, 1.165) is 35.7 Å². The minimum atomic E-state index is -0.526. The van der Waals surface area contributed by atoms with E-state index in [9.17, 15) is 4.39 Å². The number of alkyl halides is 1. The molecule has 2 nitrogen and oxygen atoms in total. The topological polar surface area (TPSA) is 16.1 Å². The molecule has 0 aliphatic rings. The molecule has 1 heterocycles. The number of rotatable bonds is 7. The van der Waals surface area contributed by atoms with Crippen molar-refractivity contribution in [3.8, 4) is 0 Å². The Morgan fingerprint density at radius 1 is 0.786 bits per heavy atom. The van der Waals surface area contributed by atoms with Crippen LogP contribution in [-0.2, 0) is 5.41 Å². The molecule has 28 heavy (non-hydrogen) atoms. The summed E-state index contributed by atoms with van der Waals surface area (Å²) in [6, 6.07) is 22.8. The summed E-state index contributed by atoms with van der Waals surface area (Å²) in [5.74, 6) is 0.810. The number of aryl methyl sites for hydroxylation is 2. The zero-order valence-corrected chi connectivity index (χ0v) is 17.2. The highest BCUT2D eigenvalue weighted by Gasteiger charge is 2.30. The van der Waals surface area contributed by atoms with E-state index in [1.54, 1.807) is 0 Å². The minimum Gasteiger partial charge on any atom is -0.295 e. The zero-order valence-electron chi connectivity index (χ0n) is 17.2. The first-order valence-corrected chi connectivity index (χ1v) is 10.00. The first kappa shape index (κ1) is 20.1. The maximum Gasteiger partial charge on any atom is 0.137 e. The molecule has 2 aromatic carbocycles. The van der Waals surface area contributed by atoms with E-state index in [4.69, 9.17) is 4.98 Å². The highest BCUT2D eigenvalue weighted by Crippen LogP contribution is 2.36. The summed E-state index contributed by atoms with van der Waals surface area (Å²) in [4.78, 5) is 7.08. The van der Waals surface area contributed by atoms with Crippen LogP contribution < -0.4 is 4.90 Å². The number of nitrogens with zero attached hydrogens (tertiary/aromatic N) is 2. The molecule has 0 atom stereocenters. The van der Waals surface area contributed by atoms with Crippen molar-refractivity contribution in [3.05, 3.63) is 83.6 Å². The van der Waals surface area contributed by atoms with Crippen molar-refractivity contribution in [2.45, 2.75) is 46.0 Å². The smallest absolute Gasteiger partial charge is 0.137 e. The second-order valence-corrected chi connectivity index (χ2v) is 7.51. The van der Waals surface area contributed by atoms with Crippen molar-refractivity contribution in [1.82, 2.24) is 4.98 Å². The molecule has 0 fully saturated rings. The Labute approximate surface area is 168 Å². The number of aromatic nitrogens is 1. The van der Waals surface area contributed by atoms with Gasteiger partial charge in [-0.15, -0.1) is 0 Å². The average Bonchev–Trinajstić information content (AvgIpc) is 2.73. The Hall–Kier alpha value is -2.68. The normalized spacial score (nSPS) is 11.5. The summed E-state index contributed by atoms with van der Waals surface area (Å²) >= 11 is 0. The zero-order chi connectivity index (χ0) is 20.1. The predicted molar refractivity (Wildman–Crippen MR) is 117 cm³/mol. The van der Waals surface area contributed by atoms with Gasteiger partial charge < -0.3 is 0 Å². The van der Waals surface area contributed by atoms with Gasteiger partial charge in [0.15, 0.2) is 0 Å². The van der Waals surface area contributed by atoms with Crippen LogP contribution in [0.15, 0.2) is 66.7 Å². The third-order valence-corrected chi connectivity index (χ3v) is 5.70. The molecule has 3 aromatic rings. The molecule has 0 N–H and O–H groups in total. The summed E-state index contributed by atoms with van der Waals surface area (Å²) in [6.45, 7) is 7.84. The summed E-state index contributed by atoms with van der Waals surface area (Å²) in [5.41, 5.74) is 4.80. The standard InChI is InChI=1S/C25H29FN2/c1-5-25(6-2,18-26)23-8-7-9-24(27-23)28(21-14-10-19(3)11-15-21)22-16-12-20(4)13-17-22/h7-17H,5-6,18H2,1-4H3. The molecule has 0 aliphatic carbocycles. The molecule has 0 aliphatic heterocycles. The van der Waals surface area contributed by atoms with Crippen LogP contribution in [-0.4, -0.2) is 11.7 Å². The van der Waals surface area contributed by atoms with Crippen LogP contribution in [0, 0.1) is 13.8 Å². The van der Waals surface area contributed by atoms with E-state index in [2.05, 4.69) is 67.3 Å². The Balaban J connectivity index is 2.14. The van der Waals surface area contributed by atoms with Gasteiger partial charge in [0.25, 0.3) is 0 Å². The first-order valence-electron chi connectivity index (χ1n) is 10.00. The van der Waals surface area contributed by atoms with Crippen molar-refractivity contribution in [2.24, 2.45) is 0 Å². The van der Waals surface area contributed by atoms with E-state index < -0.39 is 12.1 Å². The van der Waals surface area contributed by atoms with Crippen molar-refractivity contribution in [1.29, 1.82) is 0 Å². The molecule has 0 amide bonds. The maximum atomic E-state index is 14.0. The number of hydrogen-bond acceptors (Lipinski definition) is 2. The number of benzene rings is 2. The summed E-state index contributed by atoms with van der Waals surface area (Å²) in [7, 11) is 0. The molecule has 0 radical (unpaired) electrons. The molecule has 0 spiro atoms. The Bertz CT molecular complexity index is 843. The van der Waals surface area contributed by atoms with Crippen molar-refractivity contribution in [2.75, 3.05) is 11.6 Å². The Kier molecular flexibility index (Phi) is 6.13. The van der Waals surface area contributed by atoms with E-state index in [1.807, 2.05) is 32.0 Å². The molecule has 0 bridgehead atoms. The van der Waals surface area contributed by atoms with Crippen LogP contribution in [0.5, 0.6) is 0 Å².